The van der Waals surface area contributed by atoms with Gasteiger partial charge in [0.25, 0.3) is 5.91 Å². The van der Waals surface area contributed by atoms with Gasteiger partial charge in [0.15, 0.2) is 0 Å². The number of aromatic nitrogens is 2. The second kappa shape index (κ2) is 6.65. The molecule has 2 aromatic rings. The molecule has 0 atom stereocenters. The molecule has 0 bridgehead atoms. The number of nitrogens with one attached hydrogen (secondary N) is 2. The number of amides is 1. The Balaban J connectivity index is 1.88. The Kier molecular flexibility index (Phi) is 4.65. The zero-order chi connectivity index (χ0) is 14.4. The summed E-state index contributed by atoms with van der Waals surface area (Å²) >= 11 is 0. The fourth-order valence-electron chi connectivity index (χ4n) is 1.65. The van der Waals surface area contributed by atoms with Crippen molar-refractivity contribution in [3.63, 3.8) is 0 Å². The van der Waals surface area contributed by atoms with Crippen molar-refractivity contribution < 1.29 is 18.3 Å². The van der Waals surface area contributed by atoms with Crippen LogP contribution in [0.15, 0.2) is 36.8 Å². The monoisotopic (exact) mass is 281 g/mol. The number of alkyl halides is 2. The maximum atomic E-state index is 12.1. The maximum absolute atomic E-state index is 12.1. The number of carbonyl (C=O) groups excluding carboxylic acids is 1. The minimum Gasteiger partial charge on any atom is -0.435 e. The van der Waals surface area contributed by atoms with Gasteiger partial charge >= 0.3 is 6.61 Å². The van der Waals surface area contributed by atoms with E-state index >= 15 is 0 Å². The molecule has 1 aromatic heterocycles. The largest absolute Gasteiger partial charge is 0.435 e. The molecule has 2 rings (SSSR count). The highest BCUT2D eigenvalue weighted by Gasteiger charge is 2.09. The van der Waals surface area contributed by atoms with E-state index in [1.165, 1.54) is 24.3 Å². The van der Waals surface area contributed by atoms with Crippen molar-refractivity contribution >= 4 is 5.91 Å². The smallest absolute Gasteiger partial charge is 0.387 e. The molecule has 0 saturated heterocycles. The second-order valence-electron chi connectivity index (χ2n) is 3.99. The Labute approximate surface area is 114 Å². The van der Waals surface area contributed by atoms with Gasteiger partial charge in [-0.1, -0.05) is 6.07 Å². The van der Waals surface area contributed by atoms with Crippen LogP contribution in [0.4, 0.5) is 8.78 Å². The molecule has 5 nitrogen and oxygen atoms in total. The summed E-state index contributed by atoms with van der Waals surface area (Å²) in [5.41, 5.74) is 1.17. The van der Waals surface area contributed by atoms with Gasteiger partial charge < -0.3 is 15.0 Å². The van der Waals surface area contributed by atoms with Gasteiger partial charge in [-0.25, -0.2) is 4.98 Å². The minimum atomic E-state index is -2.91. The molecule has 1 heterocycles. The van der Waals surface area contributed by atoms with E-state index in [0.717, 1.165) is 5.69 Å². The lowest BCUT2D eigenvalue weighted by atomic mass is 10.2. The Morgan fingerprint density at radius 3 is 3.00 bits per heavy atom. The van der Waals surface area contributed by atoms with Crippen molar-refractivity contribution in [1.82, 2.24) is 15.3 Å². The van der Waals surface area contributed by atoms with Crippen molar-refractivity contribution in [2.75, 3.05) is 6.54 Å². The molecule has 7 heteroatoms. The van der Waals surface area contributed by atoms with Crippen LogP contribution in [0, 0.1) is 0 Å². The SMILES string of the molecule is O=C(NCCc1cnc[nH]1)c1cccc(OC(F)F)c1. The van der Waals surface area contributed by atoms with E-state index in [9.17, 15) is 13.6 Å². The van der Waals surface area contributed by atoms with Crippen LogP contribution < -0.4 is 10.1 Å². The topological polar surface area (TPSA) is 67.0 Å². The van der Waals surface area contributed by atoms with E-state index < -0.39 is 6.61 Å². The van der Waals surface area contributed by atoms with Gasteiger partial charge in [-0.3, -0.25) is 4.79 Å². The summed E-state index contributed by atoms with van der Waals surface area (Å²) in [6.45, 7) is -2.49. The highest BCUT2D eigenvalue weighted by atomic mass is 19.3. The first-order valence-electron chi connectivity index (χ1n) is 5.95. The lowest BCUT2D eigenvalue weighted by Gasteiger charge is -2.07. The Bertz CT molecular complexity index is 559. The zero-order valence-corrected chi connectivity index (χ0v) is 10.5. The number of rotatable bonds is 6. The molecule has 0 unspecified atom stereocenters. The first-order chi connectivity index (χ1) is 9.65. The predicted molar refractivity (Wildman–Crippen MR) is 67.7 cm³/mol. The summed E-state index contributed by atoms with van der Waals surface area (Å²) in [5, 5.41) is 2.69. The number of ether oxygens (including phenoxy) is 1. The second-order valence-corrected chi connectivity index (χ2v) is 3.99. The van der Waals surface area contributed by atoms with Crippen LogP contribution in [-0.2, 0) is 6.42 Å². The third kappa shape index (κ3) is 4.04. The van der Waals surface area contributed by atoms with Gasteiger partial charge in [-0.2, -0.15) is 8.78 Å². The molecule has 2 N–H and O–H groups in total. The predicted octanol–water partition coefficient (Wildman–Crippen LogP) is 1.98. The molecule has 0 radical (unpaired) electrons. The van der Waals surface area contributed by atoms with Gasteiger partial charge in [0.05, 0.1) is 6.33 Å². The number of H-pyrrole nitrogens is 1. The fourth-order valence-corrected chi connectivity index (χ4v) is 1.65. The summed E-state index contributed by atoms with van der Waals surface area (Å²) in [5.74, 6) is -0.384. The first kappa shape index (κ1) is 14.0. The van der Waals surface area contributed by atoms with Crippen molar-refractivity contribution in [1.29, 1.82) is 0 Å². The number of carbonyl (C=O) groups is 1. The van der Waals surface area contributed by atoms with Crippen LogP contribution in [0.1, 0.15) is 16.1 Å². The molecule has 0 fully saturated rings. The van der Waals surface area contributed by atoms with E-state index in [0.29, 0.717) is 13.0 Å². The van der Waals surface area contributed by atoms with E-state index in [1.807, 2.05) is 0 Å². The van der Waals surface area contributed by atoms with Crippen LogP contribution in [0.25, 0.3) is 0 Å². The standard InChI is InChI=1S/C13H13F2N3O2/c14-13(15)20-11-3-1-2-9(6-11)12(19)17-5-4-10-7-16-8-18-10/h1-3,6-8,13H,4-5H2,(H,16,18)(H,17,19). The van der Waals surface area contributed by atoms with Gasteiger partial charge in [0.2, 0.25) is 0 Å². The zero-order valence-electron chi connectivity index (χ0n) is 10.5. The van der Waals surface area contributed by atoms with Crippen LogP contribution in [-0.4, -0.2) is 29.0 Å². The van der Waals surface area contributed by atoms with Crippen molar-refractivity contribution in [2.45, 2.75) is 13.0 Å². The highest BCUT2D eigenvalue weighted by Crippen LogP contribution is 2.15. The van der Waals surface area contributed by atoms with Crippen molar-refractivity contribution in [2.24, 2.45) is 0 Å². The number of nitrogens with zero attached hydrogens (tertiary/aromatic N) is 1. The molecule has 20 heavy (non-hydrogen) atoms. The Hall–Kier alpha value is -2.44. The van der Waals surface area contributed by atoms with Gasteiger partial charge in [0.1, 0.15) is 5.75 Å². The van der Waals surface area contributed by atoms with Crippen LogP contribution >= 0.6 is 0 Å². The average Bonchev–Trinajstić information content (AvgIpc) is 2.91. The molecule has 1 aromatic carbocycles. The average molecular weight is 281 g/mol. The summed E-state index contributed by atoms with van der Waals surface area (Å²) in [7, 11) is 0. The quantitative estimate of drug-likeness (QED) is 0.851. The number of benzene rings is 1. The number of aromatic amines is 1. The van der Waals surface area contributed by atoms with Gasteiger partial charge in [0, 0.05) is 30.4 Å². The third-order valence-electron chi connectivity index (χ3n) is 2.56. The van der Waals surface area contributed by atoms with Gasteiger partial charge in [-0.15, -0.1) is 0 Å². The van der Waals surface area contributed by atoms with Gasteiger partial charge in [-0.05, 0) is 18.2 Å². The van der Waals surface area contributed by atoms with Crippen LogP contribution in [0.2, 0.25) is 0 Å². The highest BCUT2D eigenvalue weighted by molar-refractivity contribution is 5.94. The number of hydrogen-bond acceptors (Lipinski definition) is 3. The molecule has 0 aliphatic heterocycles. The summed E-state index contributed by atoms with van der Waals surface area (Å²) in [6, 6.07) is 5.66. The van der Waals surface area contributed by atoms with Crippen LogP contribution in [0.3, 0.4) is 0 Å². The third-order valence-corrected chi connectivity index (χ3v) is 2.56. The van der Waals surface area contributed by atoms with E-state index in [-0.39, 0.29) is 17.2 Å². The fraction of sp³-hybridized carbons (Fsp3) is 0.231. The minimum absolute atomic E-state index is 0.0405. The number of halogens is 2. The molecule has 0 spiro atoms. The maximum Gasteiger partial charge on any atom is 0.387 e. The number of imidazole rings is 1. The molecular weight excluding hydrogens is 268 g/mol. The Morgan fingerprint density at radius 2 is 2.30 bits per heavy atom. The molecular formula is C13H13F2N3O2. The summed E-state index contributed by atoms with van der Waals surface area (Å²) < 4.78 is 28.4. The molecule has 0 saturated carbocycles. The Morgan fingerprint density at radius 1 is 1.45 bits per heavy atom. The molecule has 0 aliphatic carbocycles. The molecule has 106 valence electrons. The van der Waals surface area contributed by atoms with E-state index in [1.54, 1.807) is 12.5 Å². The molecule has 0 aliphatic rings. The van der Waals surface area contributed by atoms with Crippen molar-refractivity contribution in [3.8, 4) is 5.75 Å². The summed E-state index contributed by atoms with van der Waals surface area (Å²) in [6.07, 6.45) is 3.84. The summed E-state index contributed by atoms with van der Waals surface area (Å²) in [4.78, 5) is 18.6. The molecule has 1 amide bonds. The van der Waals surface area contributed by atoms with E-state index in [2.05, 4.69) is 20.0 Å². The first-order valence-corrected chi connectivity index (χ1v) is 5.95. The number of hydrogen-bond donors (Lipinski definition) is 2. The normalized spacial score (nSPS) is 10.6. The van der Waals surface area contributed by atoms with Crippen molar-refractivity contribution in [3.05, 3.63) is 48.0 Å². The lowest BCUT2D eigenvalue weighted by molar-refractivity contribution is -0.0498. The van der Waals surface area contributed by atoms with E-state index in [4.69, 9.17) is 0 Å². The van der Waals surface area contributed by atoms with Crippen LogP contribution in [0.5, 0.6) is 5.75 Å². The lowest BCUT2D eigenvalue weighted by Crippen LogP contribution is -2.25.